The van der Waals surface area contributed by atoms with Crippen molar-refractivity contribution < 1.29 is 14.7 Å². The number of carbonyl (C=O) groups is 2. The molecular weight excluding hydrogens is 290 g/mol. The van der Waals surface area contributed by atoms with Gasteiger partial charge in [-0.15, -0.1) is 11.3 Å². The summed E-state index contributed by atoms with van der Waals surface area (Å²) in [4.78, 5) is 31.7. The molecule has 0 saturated heterocycles. The second kappa shape index (κ2) is 6.85. The molecule has 0 saturated carbocycles. The maximum Gasteiger partial charge on any atom is 0.326 e. The van der Waals surface area contributed by atoms with E-state index in [1.165, 1.54) is 18.6 Å². The van der Waals surface area contributed by atoms with Gasteiger partial charge in [0.15, 0.2) is 0 Å². The van der Waals surface area contributed by atoms with E-state index in [1.807, 2.05) is 19.1 Å². The minimum Gasteiger partial charge on any atom is -0.480 e. The van der Waals surface area contributed by atoms with Crippen LogP contribution in [0.3, 0.4) is 0 Å². The van der Waals surface area contributed by atoms with Crippen molar-refractivity contribution in [3.05, 3.63) is 46.2 Å². The Morgan fingerprint density at radius 1 is 1.52 bits per heavy atom. The molecule has 0 spiro atoms. The molecule has 21 heavy (non-hydrogen) atoms. The van der Waals surface area contributed by atoms with Crippen LogP contribution in [0.4, 0.5) is 0 Å². The standard InChI is InChI=1S/C14H15N3O3S/c1-9-2-3-11(21-9)4-5-13(18)17-12(14(19)20)6-10-7-15-8-16-10/h2-5,7-8,12H,6H2,1H3,(H,15,16)(H,17,18)(H,19,20)/b5-4+/t12-/m1/s1. The molecule has 0 radical (unpaired) electrons. The fourth-order valence-corrected chi connectivity index (χ4v) is 2.52. The zero-order chi connectivity index (χ0) is 15.2. The third-order valence-electron chi connectivity index (χ3n) is 2.75. The molecule has 7 heteroatoms. The molecule has 110 valence electrons. The number of carboxylic acid groups (broad SMARTS) is 1. The topological polar surface area (TPSA) is 95.1 Å². The average molecular weight is 305 g/mol. The summed E-state index contributed by atoms with van der Waals surface area (Å²) in [7, 11) is 0. The Morgan fingerprint density at radius 2 is 2.33 bits per heavy atom. The molecule has 2 aromatic rings. The fraction of sp³-hybridized carbons (Fsp3) is 0.214. The van der Waals surface area contributed by atoms with Gasteiger partial charge < -0.3 is 15.4 Å². The van der Waals surface area contributed by atoms with Gasteiger partial charge in [-0.1, -0.05) is 0 Å². The number of nitrogens with zero attached hydrogens (tertiary/aromatic N) is 1. The SMILES string of the molecule is Cc1ccc(/C=C/C(=O)N[C@H](Cc2cnc[nH]2)C(=O)O)s1. The Labute approximate surface area is 125 Å². The number of aromatic nitrogens is 2. The van der Waals surface area contributed by atoms with E-state index in [2.05, 4.69) is 15.3 Å². The highest BCUT2D eigenvalue weighted by Crippen LogP contribution is 2.16. The van der Waals surface area contributed by atoms with Crippen LogP contribution in [0.5, 0.6) is 0 Å². The van der Waals surface area contributed by atoms with Gasteiger partial charge in [0, 0.05) is 34.1 Å². The lowest BCUT2D eigenvalue weighted by Gasteiger charge is -2.11. The predicted octanol–water partition coefficient (Wildman–Crippen LogP) is 1.60. The van der Waals surface area contributed by atoms with Crippen molar-refractivity contribution in [3.8, 4) is 0 Å². The number of rotatable bonds is 6. The summed E-state index contributed by atoms with van der Waals surface area (Å²) in [6.07, 6.45) is 6.17. The first-order chi connectivity index (χ1) is 10.0. The molecule has 2 heterocycles. The maximum atomic E-state index is 11.8. The number of carbonyl (C=O) groups excluding carboxylic acids is 1. The lowest BCUT2D eigenvalue weighted by molar-refractivity contribution is -0.141. The van der Waals surface area contributed by atoms with Crippen molar-refractivity contribution >= 4 is 29.3 Å². The van der Waals surface area contributed by atoms with Crippen molar-refractivity contribution in [3.63, 3.8) is 0 Å². The number of nitrogens with one attached hydrogen (secondary N) is 2. The first kappa shape index (κ1) is 15.0. The van der Waals surface area contributed by atoms with E-state index in [4.69, 9.17) is 5.11 Å². The number of thiophene rings is 1. The summed E-state index contributed by atoms with van der Waals surface area (Å²) in [5, 5.41) is 11.6. The fourth-order valence-electron chi connectivity index (χ4n) is 1.74. The summed E-state index contributed by atoms with van der Waals surface area (Å²) >= 11 is 1.56. The first-order valence-corrected chi connectivity index (χ1v) is 7.11. The quantitative estimate of drug-likeness (QED) is 0.706. The second-order valence-corrected chi connectivity index (χ2v) is 5.78. The van der Waals surface area contributed by atoms with Crippen LogP contribution in [-0.2, 0) is 16.0 Å². The van der Waals surface area contributed by atoms with Crippen molar-refractivity contribution in [2.24, 2.45) is 0 Å². The van der Waals surface area contributed by atoms with Gasteiger partial charge in [-0.2, -0.15) is 0 Å². The lowest BCUT2D eigenvalue weighted by atomic mass is 10.1. The lowest BCUT2D eigenvalue weighted by Crippen LogP contribution is -2.41. The molecule has 1 amide bonds. The molecule has 0 fully saturated rings. The third-order valence-corrected chi connectivity index (χ3v) is 3.72. The number of hydrogen-bond donors (Lipinski definition) is 3. The van der Waals surface area contributed by atoms with Gasteiger partial charge in [0.1, 0.15) is 6.04 Å². The van der Waals surface area contributed by atoms with Gasteiger partial charge in [-0.3, -0.25) is 4.79 Å². The summed E-state index contributed by atoms with van der Waals surface area (Å²) in [6.45, 7) is 1.98. The third kappa shape index (κ3) is 4.57. The van der Waals surface area contributed by atoms with Crippen LogP contribution >= 0.6 is 11.3 Å². The van der Waals surface area contributed by atoms with E-state index in [-0.39, 0.29) is 6.42 Å². The van der Waals surface area contributed by atoms with Gasteiger partial charge in [0.25, 0.3) is 0 Å². The number of H-pyrrole nitrogens is 1. The highest BCUT2D eigenvalue weighted by atomic mass is 32.1. The van der Waals surface area contributed by atoms with Crippen LogP contribution in [0.25, 0.3) is 6.08 Å². The molecular formula is C14H15N3O3S. The maximum absolute atomic E-state index is 11.8. The molecule has 3 N–H and O–H groups in total. The average Bonchev–Trinajstić information content (AvgIpc) is 3.07. The van der Waals surface area contributed by atoms with Crippen molar-refractivity contribution in [1.82, 2.24) is 15.3 Å². The molecule has 0 aliphatic heterocycles. The van der Waals surface area contributed by atoms with Gasteiger partial charge >= 0.3 is 5.97 Å². The van der Waals surface area contributed by atoms with Gasteiger partial charge in [0.2, 0.25) is 5.91 Å². The number of aryl methyl sites for hydroxylation is 1. The second-order valence-electron chi connectivity index (χ2n) is 4.46. The van der Waals surface area contributed by atoms with E-state index in [0.29, 0.717) is 5.69 Å². The molecule has 0 aliphatic rings. The smallest absolute Gasteiger partial charge is 0.326 e. The van der Waals surface area contributed by atoms with Crippen LogP contribution in [0.2, 0.25) is 0 Å². The zero-order valence-electron chi connectivity index (χ0n) is 11.4. The summed E-state index contributed by atoms with van der Waals surface area (Å²) in [5.74, 6) is -1.52. The van der Waals surface area contributed by atoms with Crippen LogP contribution in [0.1, 0.15) is 15.4 Å². The number of imidazole rings is 1. The number of amides is 1. The van der Waals surface area contributed by atoms with Crippen molar-refractivity contribution in [2.45, 2.75) is 19.4 Å². The Balaban J connectivity index is 1.95. The number of aromatic amines is 1. The van der Waals surface area contributed by atoms with Crippen LogP contribution < -0.4 is 5.32 Å². The Hall–Kier alpha value is -2.41. The van der Waals surface area contributed by atoms with Crippen LogP contribution in [-0.4, -0.2) is 33.0 Å². The van der Waals surface area contributed by atoms with E-state index < -0.39 is 17.9 Å². The number of hydrogen-bond acceptors (Lipinski definition) is 4. The molecule has 0 unspecified atom stereocenters. The number of carboxylic acids is 1. The Morgan fingerprint density at radius 3 is 2.90 bits per heavy atom. The van der Waals surface area contributed by atoms with E-state index in [0.717, 1.165) is 9.75 Å². The monoisotopic (exact) mass is 305 g/mol. The Bertz CT molecular complexity index is 646. The molecule has 0 bridgehead atoms. The van der Waals surface area contributed by atoms with E-state index >= 15 is 0 Å². The largest absolute Gasteiger partial charge is 0.480 e. The van der Waals surface area contributed by atoms with E-state index in [9.17, 15) is 9.59 Å². The molecule has 2 rings (SSSR count). The summed E-state index contributed by atoms with van der Waals surface area (Å²) in [6, 6.07) is 2.87. The first-order valence-electron chi connectivity index (χ1n) is 6.29. The number of aliphatic carboxylic acids is 1. The highest BCUT2D eigenvalue weighted by Gasteiger charge is 2.19. The summed E-state index contributed by atoms with van der Waals surface area (Å²) < 4.78 is 0. The minimum atomic E-state index is -1.08. The van der Waals surface area contributed by atoms with Gasteiger partial charge in [-0.05, 0) is 25.1 Å². The molecule has 0 aromatic carbocycles. The highest BCUT2D eigenvalue weighted by molar-refractivity contribution is 7.12. The van der Waals surface area contributed by atoms with Crippen LogP contribution in [0.15, 0.2) is 30.7 Å². The molecule has 2 aromatic heterocycles. The normalized spacial score (nSPS) is 12.4. The van der Waals surface area contributed by atoms with Crippen LogP contribution in [0, 0.1) is 6.92 Å². The van der Waals surface area contributed by atoms with Crippen molar-refractivity contribution in [2.75, 3.05) is 0 Å². The summed E-state index contributed by atoms with van der Waals surface area (Å²) in [5.41, 5.74) is 0.653. The predicted molar refractivity (Wildman–Crippen MR) is 79.9 cm³/mol. The Kier molecular flexibility index (Phi) is 4.89. The molecule has 6 nitrogen and oxygen atoms in total. The molecule has 1 atom stereocenters. The van der Waals surface area contributed by atoms with Crippen molar-refractivity contribution in [1.29, 1.82) is 0 Å². The van der Waals surface area contributed by atoms with E-state index in [1.54, 1.807) is 17.4 Å². The minimum absolute atomic E-state index is 0.160. The van der Waals surface area contributed by atoms with Gasteiger partial charge in [-0.25, -0.2) is 9.78 Å². The zero-order valence-corrected chi connectivity index (χ0v) is 12.2. The van der Waals surface area contributed by atoms with Gasteiger partial charge in [0.05, 0.1) is 6.33 Å². The molecule has 0 aliphatic carbocycles.